The first-order valence-electron chi connectivity index (χ1n) is 11.6. The van der Waals surface area contributed by atoms with E-state index in [0.717, 1.165) is 11.1 Å². The average molecular weight is 476 g/mol. The van der Waals surface area contributed by atoms with Crippen molar-refractivity contribution in [2.75, 3.05) is 13.1 Å². The SMILES string of the molecule is C=CCN(CC(=O)N(Cc1ccccc1)Cc1coc2ccc(C)cc2c1=O)C(=O)NC(C)(C)C. The zero-order valence-corrected chi connectivity index (χ0v) is 20.8. The molecule has 0 saturated carbocycles. The molecule has 0 aliphatic heterocycles. The third-order valence-electron chi connectivity index (χ3n) is 5.37. The Labute approximate surface area is 206 Å². The second-order valence-corrected chi connectivity index (χ2v) is 9.67. The van der Waals surface area contributed by atoms with E-state index in [9.17, 15) is 14.4 Å². The van der Waals surface area contributed by atoms with Crippen LogP contribution in [0.25, 0.3) is 11.0 Å². The molecule has 0 fully saturated rings. The second kappa shape index (κ2) is 11.0. The summed E-state index contributed by atoms with van der Waals surface area (Å²) in [5, 5.41) is 3.36. The van der Waals surface area contributed by atoms with E-state index in [4.69, 9.17) is 4.42 Å². The van der Waals surface area contributed by atoms with Crippen LogP contribution in [0.5, 0.6) is 0 Å². The Hall–Kier alpha value is -3.87. The summed E-state index contributed by atoms with van der Waals surface area (Å²) in [6.45, 7) is 11.7. The Morgan fingerprint density at radius 3 is 2.43 bits per heavy atom. The number of rotatable bonds is 8. The van der Waals surface area contributed by atoms with Gasteiger partial charge in [0.1, 0.15) is 12.1 Å². The van der Waals surface area contributed by atoms with E-state index >= 15 is 0 Å². The van der Waals surface area contributed by atoms with Gasteiger partial charge in [0.25, 0.3) is 0 Å². The smallest absolute Gasteiger partial charge is 0.318 e. The first kappa shape index (κ1) is 25.7. The Balaban J connectivity index is 1.90. The van der Waals surface area contributed by atoms with Gasteiger partial charge in [-0.15, -0.1) is 6.58 Å². The zero-order valence-electron chi connectivity index (χ0n) is 20.8. The molecule has 2 aromatic carbocycles. The minimum atomic E-state index is -0.453. The van der Waals surface area contributed by atoms with Gasteiger partial charge in [-0.05, 0) is 45.4 Å². The van der Waals surface area contributed by atoms with Gasteiger partial charge in [-0.3, -0.25) is 9.59 Å². The first-order valence-corrected chi connectivity index (χ1v) is 11.6. The molecule has 1 aromatic heterocycles. The predicted molar refractivity (Wildman–Crippen MR) is 138 cm³/mol. The van der Waals surface area contributed by atoms with Crippen molar-refractivity contribution >= 4 is 22.9 Å². The summed E-state index contributed by atoms with van der Waals surface area (Å²) in [5.74, 6) is -0.288. The summed E-state index contributed by atoms with van der Waals surface area (Å²) in [7, 11) is 0. The molecular formula is C28H33N3O4. The summed E-state index contributed by atoms with van der Waals surface area (Å²) in [6.07, 6.45) is 3.00. The minimum absolute atomic E-state index is 0.0583. The van der Waals surface area contributed by atoms with Crippen molar-refractivity contribution < 1.29 is 14.0 Å². The van der Waals surface area contributed by atoms with Gasteiger partial charge in [0, 0.05) is 18.6 Å². The molecular weight excluding hydrogens is 442 g/mol. The fourth-order valence-corrected chi connectivity index (χ4v) is 3.67. The predicted octanol–water partition coefficient (Wildman–Crippen LogP) is 4.63. The van der Waals surface area contributed by atoms with Gasteiger partial charge in [0.05, 0.1) is 23.8 Å². The number of nitrogens with zero attached hydrogens (tertiary/aromatic N) is 2. The Morgan fingerprint density at radius 2 is 1.77 bits per heavy atom. The summed E-state index contributed by atoms with van der Waals surface area (Å²) in [5.41, 5.74) is 2.11. The molecule has 3 rings (SSSR count). The highest BCUT2D eigenvalue weighted by Gasteiger charge is 2.24. The number of hydrogen-bond donors (Lipinski definition) is 1. The summed E-state index contributed by atoms with van der Waals surface area (Å²) >= 11 is 0. The highest BCUT2D eigenvalue weighted by molar-refractivity contribution is 5.84. The quantitative estimate of drug-likeness (QED) is 0.482. The van der Waals surface area contributed by atoms with Crippen LogP contribution in [0.2, 0.25) is 0 Å². The van der Waals surface area contributed by atoms with Crippen LogP contribution in [0.15, 0.2) is 76.7 Å². The highest BCUT2D eigenvalue weighted by atomic mass is 16.3. The first-order chi connectivity index (χ1) is 16.6. The normalized spacial score (nSPS) is 11.2. The molecule has 0 radical (unpaired) electrons. The second-order valence-electron chi connectivity index (χ2n) is 9.67. The maximum absolute atomic E-state index is 13.5. The van der Waals surface area contributed by atoms with Crippen molar-refractivity contribution in [2.24, 2.45) is 0 Å². The Bertz CT molecular complexity index is 1260. The number of aryl methyl sites for hydroxylation is 1. The van der Waals surface area contributed by atoms with Crippen molar-refractivity contribution in [3.63, 3.8) is 0 Å². The third-order valence-corrected chi connectivity index (χ3v) is 5.37. The number of amides is 3. The van der Waals surface area contributed by atoms with Gasteiger partial charge in [0.15, 0.2) is 5.43 Å². The van der Waals surface area contributed by atoms with Crippen molar-refractivity contribution in [3.05, 3.63) is 94.4 Å². The van der Waals surface area contributed by atoms with Crippen LogP contribution in [-0.4, -0.2) is 40.4 Å². The topological polar surface area (TPSA) is 82.9 Å². The number of carbonyl (C=O) groups excluding carboxylic acids is 2. The Kier molecular flexibility index (Phi) is 8.12. The van der Waals surface area contributed by atoms with Crippen molar-refractivity contribution in [1.29, 1.82) is 0 Å². The standard InChI is InChI=1S/C28H33N3O4/c1-6-14-30(27(34)29-28(3,4)5)18-25(32)31(16-21-10-8-7-9-11-21)17-22-19-35-24-13-12-20(2)15-23(24)26(22)33/h6-13,15,19H,1,14,16-18H2,2-5H3,(H,29,34). The largest absolute Gasteiger partial charge is 0.464 e. The van der Waals surface area contributed by atoms with Crippen molar-refractivity contribution in [3.8, 4) is 0 Å². The van der Waals surface area contributed by atoms with Gasteiger partial charge < -0.3 is 19.5 Å². The van der Waals surface area contributed by atoms with E-state index in [2.05, 4.69) is 11.9 Å². The lowest BCUT2D eigenvalue weighted by Crippen LogP contribution is -2.51. The molecule has 0 atom stereocenters. The summed E-state index contributed by atoms with van der Waals surface area (Å²) in [4.78, 5) is 42.4. The molecule has 3 amide bonds. The monoisotopic (exact) mass is 475 g/mol. The van der Waals surface area contributed by atoms with E-state index in [0.29, 0.717) is 16.5 Å². The van der Waals surface area contributed by atoms with Crippen LogP contribution in [0.3, 0.4) is 0 Å². The van der Waals surface area contributed by atoms with E-state index in [1.54, 1.807) is 23.1 Å². The van der Waals surface area contributed by atoms with Crippen molar-refractivity contribution in [2.45, 2.75) is 46.3 Å². The third kappa shape index (κ3) is 7.06. The van der Waals surface area contributed by atoms with Gasteiger partial charge >= 0.3 is 6.03 Å². The molecule has 0 bridgehead atoms. The van der Waals surface area contributed by atoms with Crippen LogP contribution >= 0.6 is 0 Å². The molecule has 0 aliphatic carbocycles. The molecule has 1 N–H and O–H groups in total. The molecule has 0 spiro atoms. The summed E-state index contributed by atoms with van der Waals surface area (Å²) in [6, 6.07) is 14.6. The number of nitrogens with one attached hydrogen (secondary N) is 1. The Morgan fingerprint density at radius 1 is 1.06 bits per heavy atom. The zero-order chi connectivity index (χ0) is 25.6. The van der Waals surface area contributed by atoms with Gasteiger partial charge in [-0.25, -0.2) is 4.79 Å². The molecule has 0 aliphatic rings. The number of carbonyl (C=O) groups is 2. The van der Waals surface area contributed by atoms with Gasteiger partial charge in [-0.1, -0.05) is 48.0 Å². The lowest BCUT2D eigenvalue weighted by Gasteiger charge is -2.30. The fourth-order valence-electron chi connectivity index (χ4n) is 3.67. The summed E-state index contributed by atoms with van der Waals surface area (Å²) < 4.78 is 5.70. The van der Waals surface area contributed by atoms with Crippen LogP contribution in [-0.2, 0) is 17.9 Å². The lowest BCUT2D eigenvalue weighted by molar-refractivity contribution is -0.133. The average Bonchev–Trinajstić information content (AvgIpc) is 2.80. The van der Waals surface area contributed by atoms with Gasteiger partial charge in [-0.2, -0.15) is 0 Å². The number of urea groups is 1. The van der Waals surface area contributed by atoms with Crippen LogP contribution in [0, 0.1) is 6.92 Å². The molecule has 0 saturated heterocycles. The van der Waals surface area contributed by atoms with Crippen LogP contribution in [0.1, 0.15) is 37.5 Å². The molecule has 184 valence electrons. The molecule has 0 unspecified atom stereocenters. The highest BCUT2D eigenvalue weighted by Crippen LogP contribution is 2.16. The van der Waals surface area contributed by atoms with Crippen molar-refractivity contribution in [1.82, 2.24) is 15.1 Å². The number of fused-ring (bicyclic) bond motifs is 1. The maximum Gasteiger partial charge on any atom is 0.318 e. The van der Waals surface area contributed by atoms with E-state index < -0.39 is 5.54 Å². The van der Waals surface area contributed by atoms with E-state index in [1.807, 2.05) is 64.1 Å². The maximum atomic E-state index is 13.5. The van der Waals surface area contributed by atoms with Crippen LogP contribution in [0.4, 0.5) is 4.79 Å². The van der Waals surface area contributed by atoms with E-state index in [-0.39, 0.29) is 43.5 Å². The lowest BCUT2D eigenvalue weighted by atomic mass is 10.1. The van der Waals surface area contributed by atoms with Crippen LogP contribution < -0.4 is 10.7 Å². The number of hydrogen-bond acceptors (Lipinski definition) is 4. The van der Waals surface area contributed by atoms with E-state index in [1.165, 1.54) is 11.2 Å². The fraction of sp³-hybridized carbons (Fsp3) is 0.321. The number of benzene rings is 2. The van der Waals surface area contributed by atoms with Gasteiger partial charge in [0.2, 0.25) is 5.91 Å². The molecule has 1 heterocycles. The molecule has 35 heavy (non-hydrogen) atoms. The molecule has 7 heteroatoms. The molecule has 7 nitrogen and oxygen atoms in total. The minimum Gasteiger partial charge on any atom is -0.464 e. The molecule has 3 aromatic rings.